The van der Waals surface area contributed by atoms with E-state index in [1.54, 1.807) is 16.7 Å². The highest BCUT2D eigenvalue weighted by Crippen LogP contribution is 2.33. The number of nitrogen functional groups attached to an aromatic ring is 1. The van der Waals surface area contributed by atoms with Gasteiger partial charge in [-0.15, -0.1) is 0 Å². The fraction of sp³-hybridized carbons (Fsp3) is 0.417. The Morgan fingerprint density at radius 1 is 1.42 bits per heavy atom. The van der Waals surface area contributed by atoms with Crippen molar-refractivity contribution in [2.75, 3.05) is 17.2 Å². The Hall–Kier alpha value is -1.27. The van der Waals surface area contributed by atoms with Crippen LogP contribution in [0.15, 0.2) is 18.2 Å². The molecule has 2 heterocycles. The number of sulfone groups is 1. The maximum atomic E-state index is 11.8. The largest absolute Gasteiger partial charge is 0.369 e. The van der Waals surface area contributed by atoms with Crippen LogP contribution in [0.2, 0.25) is 5.02 Å². The Bertz CT molecular complexity index is 739. The number of halogens is 1. The molecule has 0 spiro atoms. The number of para-hydroxylation sites is 1. The lowest BCUT2D eigenvalue weighted by molar-refractivity contribution is 0.483. The van der Waals surface area contributed by atoms with E-state index in [9.17, 15) is 8.42 Å². The van der Waals surface area contributed by atoms with Gasteiger partial charge in [-0.05, 0) is 25.0 Å². The maximum absolute atomic E-state index is 11.8. The molecule has 7 heteroatoms. The first kappa shape index (κ1) is 12.7. The molecule has 1 aromatic heterocycles. The molecule has 1 aliphatic heterocycles. The van der Waals surface area contributed by atoms with Crippen molar-refractivity contribution in [3.63, 3.8) is 0 Å². The summed E-state index contributed by atoms with van der Waals surface area (Å²) in [5.74, 6) is 0.683. The summed E-state index contributed by atoms with van der Waals surface area (Å²) >= 11 is 6.20. The zero-order valence-corrected chi connectivity index (χ0v) is 11.8. The third-order valence-corrected chi connectivity index (χ3v) is 5.60. The molecular formula is C12H14ClN3O2S. The van der Waals surface area contributed by atoms with Gasteiger partial charge < -0.3 is 10.3 Å². The average Bonchev–Trinajstić information content (AvgIpc) is 2.65. The number of anilines is 1. The molecule has 2 aromatic rings. The van der Waals surface area contributed by atoms with Gasteiger partial charge in [0.05, 0.1) is 33.6 Å². The molecule has 0 aliphatic carbocycles. The van der Waals surface area contributed by atoms with Gasteiger partial charge in [0, 0.05) is 0 Å². The monoisotopic (exact) mass is 299 g/mol. The third kappa shape index (κ3) is 2.19. The predicted octanol–water partition coefficient (Wildman–Crippen LogP) is 2.02. The van der Waals surface area contributed by atoms with E-state index in [0.29, 0.717) is 22.9 Å². The summed E-state index contributed by atoms with van der Waals surface area (Å²) in [5, 5.41) is 0.546. The van der Waals surface area contributed by atoms with Crippen LogP contribution >= 0.6 is 11.6 Å². The zero-order valence-electron chi connectivity index (χ0n) is 10.2. The normalized spacial score (nSPS) is 22.7. The van der Waals surface area contributed by atoms with Crippen molar-refractivity contribution >= 4 is 38.4 Å². The van der Waals surface area contributed by atoms with Crippen LogP contribution in [-0.2, 0) is 9.84 Å². The lowest BCUT2D eigenvalue weighted by Crippen LogP contribution is -2.28. The van der Waals surface area contributed by atoms with Crippen molar-refractivity contribution < 1.29 is 8.42 Å². The van der Waals surface area contributed by atoms with Gasteiger partial charge in [0.2, 0.25) is 5.95 Å². The minimum absolute atomic E-state index is 0.105. The standard InChI is InChI=1S/C12H14ClN3O2S/c13-9-4-1-5-10-11(9)16(12(14)15-10)8-3-2-6-19(17,18)7-8/h1,4-5,8H,2-3,6-7H2,(H2,14,15). The molecule has 0 amide bonds. The van der Waals surface area contributed by atoms with Crippen molar-refractivity contribution in [1.82, 2.24) is 9.55 Å². The first-order chi connectivity index (χ1) is 8.98. The second kappa shape index (κ2) is 4.38. The van der Waals surface area contributed by atoms with Crippen LogP contribution in [0.5, 0.6) is 0 Å². The first-order valence-corrected chi connectivity index (χ1v) is 8.30. The molecule has 0 radical (unpaired) electrons. The number of imidazole rings is 1. The quantitative estimate of drug-likeness (QED) is 0.874. The SMILES string of the molecule is Nc1nc2cccc(Cl)c2n1C1CCCS(=O)(=O)C1. The topological polar surface area (TPSA) is 78.0 Å². The summed E-state index contributed by atoms with van der Waals surface area (Å²) in [6, 6.07) is 5.21. The van der Waals surface area contributed by atoms with Gasteiger partial charge in [-0.2, -0.15) is 0 Å². The molecule has 1 aliphatic rings. The number of nitrogens with zero attached hydrogens (tertiary/aromatic N) is 2. The molecule has 19 heavy (non-hydrogen) atoms. The second-order valence-corrected chi connectivity index (χ2v) is 7.49. The molecule has 2 N–H and O–H groups in total. The summed E-state index contributed by atoms with van der Waals surface area (Å²) in [6.45, 7) is 0. The van der Waals surface area contributed by atoms with Crippen molar-refractivity contribution in [1.29, 1.82) is 0 Å². The lowest BCUT2D eigenvalue weighted by Gasteiger charge is -2.24. The molecule has 1 aromatic carbocycles. The van der Waals surface area contributed by atoms with E-state index >= 15 is 0 Å². The molecule has 0 saturated carbocycles. The van der Waals surface area contributed by atoms with Gasteiger partial charge in [-0.3, -0.25) is 0 Å². The smallest absolute Gasteiger partial charge is 0.201 e. The van der Waals surface area contributed by atoms with Crippen LogP contribution in [0.4, 0.5) is 5.95 Å². The molecule has 1 fully saturated rings. The lowest BCUT2D eigenvalue weighted by atomic mass is 10.1. The Morgan fingerprint density at radius 3 is 2.95 bits per heavy atom. The molecule has 3 rings (SSSR count). The van der Waals surface area contributed by atoms with Crippen LogP contribution in [0.25, 0.3) is 11.0 Å². The Balaban J connectivity index is 2.17. The van der Waals surface area contributed by atoms with Crippen LogP contribution < -0.4 is 5.73 Å². The van der Waals surface area contributed by atoms with Crippen molar-refractivity contribution in [2.45, 2.75) is 18.9 Å². The summed E-state index contributed by atoms with van der Waals surface area (Å²) in [7, 11) is -3.00. The second-order valence-electron chi connectivity index (χ2n) is 4.86. The van der Waals surface area contributed by atoms with Crippen molar-refractivity contribution in [2.24, 2.45) is 0 Å². The highest BCUT2D eigenvalue weighted by Gasteiger charge is 2.28. The van der Waals surface area contributed by atoms with E-state index in [0.717, 1.165) is 11.9 Å². The summed E-state index contributed by atoms with van der Waals surface area (Å²) < 4.78 is 25.3. The van der Waals surface area contributed by atoms with Gasteiger partial charge in [-0.25, -0.2) is 13.4 Å². The molecule has 1 atom stereocenters. The van der Waals surface area contributed by atoms with E-state index in [-0.39, 0.29) is 17.5 Å². The zero-order chi connectivity index (χ0) is 13.6. The van der Waals surface area contributed by atoms with E-state index < -0.39 is 9.84 Å². The van der Waals surface area contributed by atoms with Gasteiger partial charge in [0.15, 0.2) is 9.84 Å². The van der Waals surface area contributed by atoms with Gasteiger partial charge in [0.25, 0.3) is 0 Å². The highest BCUT2D eigenvalue weighted by atomic mass is 35.5. The molecule has 1 saturated heterocycles. The van der Waals surface area contributed by atoms with Crippen molar-refractivity contribution in [3.05, 3.63) is 23.2 Å². The number of benzene rings is 1. The fourth-order valence-electron chi connectivity index (χ4n) is 2.70. The minimum atomic E-state index is -3.00. The van der Waals surface area contributed by atoms with E-state index in [2.05, 4.69) is 4.98 Å². The summed E-state index contributed by atoms with van der Waals surface area (Å²) in [5.41, 5.74) is 7.37. The summed E-state index contributed by atoms with van der Waals surface area (Å²) in [4.78, 5) is 4.26. The molecule has 5 nitrogen and oxygen atoms in total. The van der Waals surface area contributed by atoms with E-state index in [1.807, 2.05) is 6.07 Å². The predicted molar refractivity (Wildman–Crippen MR) is 76.1 cm³/mol. The Kier molecular flexibility index (Phi) is 2.94. The van der Waals surface area contributed by atoms with Gasteiger partial charge >= 0.3 is 0 Å². The molecule has 0 bridgehead atoms. The molecule has 1 unspecified atom stereocenters. The molecular weight excluding hydrogens is 286 g/mol. The van der Waals surface area contributed by atoms with Crippen LogP contribution in [0, 0.1) is 0 Å². The number of nitrogens with two attached hydrogens (primary N) is 1. The van der Waals surface area contributed by atoms with Gasteiger partial charge in [0.1, 0.15) is 0 Å². The fourth-order valence-corrected chi connectivity index (χ4v) is 4.63. The van der Waals surface area contributed by atoms with E-state index in [1.165, 1.54) is 0 Å². The number of aromatic nitrogens is 2. The van der Waals surface area contributed by atoms with Crippen LogP contribution in [0.1, 0.15) is 18.9 Å². The number of rotatable bonds is 1. The summed E-state index contributed by atoms with van der Waals surface area (Å²) in [6.07, 6.45) is 1.43. The van der Waals surface area contributed by atoms with Crippen LogP contribution in [0.3, 0.4) is 0 Å². The van der Waals surface area contributed by atoms with Crippen LogP contribution in [-0.4, -0.2) is 29.5 Å². The number of hydrogen-bond donors (Lipinski definition) is 1. The Labute approximate surface area is 116 Å². The third-order valence-electron chi connectivity index (χ3n) is 3.49. The average molecular weight is 300 g/mol. The van der Waals surface area contributed by atoms with Crippen molar-refractivity contribution in [3.8, 4) is 0 Å². The number of fused-ring (bicyclic) bond motifs is 1. The number of hydrogen-bond acceptors (Lipinski definition) is 4. The maximum Gasteiger partial charge on any atom is 0.201 e. The molecule has 102 valence electrons. The minimum Gasteiger partial charge on any atom is -0.369 e. The van der Waals surface area contributed by atoms with E-state index in [4.69, 9.17) is 17.3 Å². The Morgan fingerprint density at radius 2 is 2.21 bits per heavy atom. The highest BCUT2D eigenvalue weighted by molar-refractivity contribution is 7.91. The van der Waals surface area contributed by atoms with Gasteiger partial charge in [-0.1, -0.05) is 17.7 Å². The first-order valence-electron chi connectivity index (χ1n) is 6.10.